The molecular formula is C21H20F3N5O2. The van der Waals surface area contributed by atoms with Crippen LogP contribution in [0.5, 0.6) is 0 Å². The van der Waals surface area contributed by atoms with Gasteiger partial charge in [-0.3, -0.25) is 4.79 Å². The zero-order valence-corrected chi connectivity index (χ0v) is 16.2. The number of hydrogen-bond acceptors (Lipinski definition) is 6. The van der Waals surface area contributed by atoms with Crippen molar-refractivity contribution in [2.75, 3.05) is 11.1 Å². The van der Waals surface area contributed by atoms with Crippen molar-refractivity contribution in [3.8, 4) is 11.3 Å². The second-order valence-corrected chi connectivity index (χ2v) is 6.89. The van der Waals surface area contributed by atoms with Gasteiger partial charge in [-0.05, 0) is 29.7 Å². The van der Waals surface area contributed by atoms with Crippen LogP contribution in [0.25, 0.3) is 11.3 Å². The molecule has 0 aliphatic carbocycles. The number of benzene rings is 2. The Morgan fingerprint density at radius 1 is 1.03 bits per heavy atom. The van der Waals surface area contributed by atoms with Gasteiger partial charge in [-0.25, -0.2) is 4.98 Å². The minimum absolute atomic E-state index is 0.0318. The fourth-order valence-corrected chi connectivity index (χ4v) is 2.86. The molecule has 0 radical (unpaired) electrons. The fraction of sp³-hybridized carbons (Fsp3) is 0.190. The highest BCUT2D eigenvalue weighted by molar-refractivity contribution is 5.73. The smallest absolute Gasteiger partial charge is 0.416 e. The van der Waals surface area contributed by atoms with E-state index in [0.29, 0.717) is 17.1 Å². The molecule has 0 saturated heterocycles. The third-order valence-corrected chi connectivity index (χ3v) is 4.52. The van der Waals surface area contributed by atoms with Gasteiger partial charge in [0.2, 0.25) is 5.95 Å². The normalized spacial score (nSPS) is 12.4. The van der Waals surface area contributed by atoms with Gasteiger partial charge in [0.05, 0.1) is 11.3 Å². The minimum atomic E-state index is -4.38. The van der Waals surface area contributed by atoms with Crippen LogP contribution in [0.3, 0.4) is 0 Å². The molecule has 0 fully saturated rings. The van der Waals surface area contributed by atoms with Crippen molar-refractivity contribution in [2.24, 2.45) is 5.73 Å². The number of hydrogen-bond donors (Lipinski definition) is 4. The average molecular weight is 431 g/mol. The predicted molar refractivity (Wildman–Crippen MR) is 110 cm³/mol. The summed E-state index contributed by atoms with van der Waals surface area (Å²) in [5, 5.41) is 11.9. The Bertz CT molecular complexity index is 1050. The van der Waals surface area contributed by atoms with Gasteiger partial charge >= 0.3 is 12.1 Å². The molecule has 2 aromatic carbocycles. The molecule has 7 nitrogen and oxygen atoms in total. The standard InChI is InChI=1S/C21H20F3N5O2/c22-21(23,24)15-7-3-13(4-8-15)11-27-18-10-17(28-20(26)29-18)14-5-1-12(2-6-14)9-16(25)19(30)31/h1-8,10,16H,9,11,25H2,(H,30,31)(H3,26,27,28,29)/t16-/m0/s1. The largest absolute Gasteiger partial charge is 0.480 e. The molecule has 0 bridgehead atoms. The van der Waals surface area contributed by atoms with Crippen molar-refractivity contribution < 1.29 is 23.1 Å². The van der Waals surface area contributed by atoms with Gasteiger partial charge in [0.15, 0.2) is 0 Å². The van der Waals surface area contributed by atoms with Crippen LogP contribution in [0.2, 0.25) is 0 Å². The van der Waals surface area contributed by atoms with Crippen molar-refractivity contribution in [1.82, 2.24) is 9.97 Å². The molecule has 0 unspecified atom stereocenters. The summed E-state index contributed by atoms with van der Waals surface area (Å²) in [6.07, 6.45) is -4.18. The Morgan fingerprint density at radius 3 is 2.23 bits per heavy atom. The van der Waals surface area contributed by atoms with E-state index in [1.165, 1.54) is 12.1 Å². The first kappa shape index (κ1) is 22.0. The number of alkyl halides is 3. The summed E-state index contributed by atoms with van der Waals surface area (Å²) in [6.45, 7) is 0.250. The number of halogens is 3. The van der Waals surface area contributed by atoms with E-state index in [-0.39, 0.29) is 18.9 Å². The summed E-state index contributed by atoms with van der Waals surface area (Å²) >= 11 is 0. The van der Waals surface area contributed by atoms with Crippen molar-refractivity contribution in [3.05, 3.63) is 71.3 Å². The van der Waals surface area contributed by atoms with E-state index < -0.39 is 23.8 Å². The van der Waals surface area contributed by atoms with E-state index in [4.69, 9.17) is 16.6 Å². The van der Waals surface area contributed by atoms with Crippen LogP contribution in [0.1, 0.15) is 16.7 Å². The minimum Gasteiger partial charge on any atom is -0.480 e. The van der Waals surface area contributed by atoms with Crippen molar-refractivity contribution in [2.45, 2.75) is 25.2 Å². The summed E-state index contributed by atoms with van der Waals surface area (Å²) in [5.74, 6) is -0.625. The maximum atomic E-state index is 12.7. The number of carboxylic acid groups (broad SMARTS) is 1. The Labute approximate surface area is 175 Å². The van der Waals surface area contributed by atoms with E-state index in [0.717, 1.165) is 23.3 Å². The van der Waals surface area contributed by atoms with Gasteiger partial charge in [0.25, 0.3) is 0 Å². The monoisotopic (exact) mass is 431 g/mol. The average Bonchev–Trinajstić information content (AvgIpc) is 2.72. The number of nitrogen functional groups attached to an aromatic ring is 1. The zero-order chi connectivity index (χ0) is 22.6. The molecule has 162 valence electrons. The highest BCUT2D eigenvalue weighted by Crippen LogP contribution is 2.29. The summed E-state index contributed by atoms with van der Waals surface area (Å²) in [7, 11) is 0. The van der Waals surface area contributed by atoms with Crippen LogP contribution >= 0.6 is 0 Å². The van der Waals surface area contributed by atoms with Crippen LogP contribution in [-0.4, -0.2) is 27.1 Å². The molecule has 3 rings (SSSR count). The third kappa shape index (κ3) is 5.92. The summed E-state index contributed by atoms with van der Waals surface area (Å²) in [6, 6.07) is 12.6. The SMILES string of the molecule is Nc1nc(NCc2ccc(C(F)(F)F)cc2)cc(-c2ccc(C[C@H](N)C(=O)O)cc2)n1. The number of rotatable bonds is 7. The van der Waals surface area contributed by atoms with Gasteiger partial charge in [0.1, 0.15) is 11.9 Å². The maximum absolute atomic E-state index is 12.7. The second-order valence-electron chi connectivity index (χ2n) is 6.89. The van der Waals surface area contributed by atoms with Crippen LogP contribution < -0.4 is 16.8 Å². The fourth-order valence-electron chi connectivity index (χ4n) is 2.86. The summed E-state index contributed by atoms with van der Waals surface area (Å²) < 4.78 is 38.0. The Hall–Kier alpha value is -3.66. The molecule has 0 spiro atoms. The van der Waals surface area contributed by atoms with Gasteiger partial charge in [-0.1, -0.05) is 36.4 Å². The molecule has 1 aromatic heterocycles. The molecule has 0 aliphatic heterocycles. The number of carboxylic acids is 1. The number of nitrogens with zero attached hydrogens (tertiary/aromatic N) is 2. The van der Waals surface area contributed by atoms with Gasteiger partial charge in [0, 0.05) is 18.2 Å². The lowest BCUT2D eigenvalue weighted by molar-refractivity contribution is -0.139. The molecular weight excluding hydrogens is 411 g/mol. The van der Waals surface area contributed by atoms with Crippen molar-refractivity contribution in [3.63, 3.8) is 0 Å². The van der Waals surface area contributed by atoms with E-state index in [1.54, 1.807) is 30.3 Å². The predicted octanol–water partition coefficient (Wildman–Crippen LogP) is 3.31. The quantitative estimate of drug-likeness (QED) is 0.452. The van der Waals surface area contributed by atoms with E-state index in [2.05, 4.69) is 15.3 Å². The lowest BCUT2D eigenvalue weighted by atomic mass is 10.0. The zero-order valence-electron chi connectivity index (χ0n) is 16.2. The first-order valence-electron chi connectivity index (χ1n) is 9.24. The van der Waals surface area contributed by atoms with E-state index >= 15 is 0 Å². The van der Waals surface area contributed by atoms with Crippen LogP contribution in [0, 0.1) is 0 Å². The molecule has 3 aromatic rings. The molecule has 6 N–H and O–H groups in total. The topological polar surface area (TPSA) is 127 Å². The Kier molecular flexibility index (Phi) is 6.40. The first-order chi connectivity index (χ1) is 14.6. The lowest BCUT2D eigenvalue weighted by Crippen LogP contribution is -2.32. The van der Waals surface area contributed by atoms with Crippen LogP contribution in [0.15, 0.2) is 54.6 Å². The first-order valence-corrected chi connectivity index (χ1v) is 9.24. The molecule has 0 aliphatic rings. The van der Waals surface area contributed by atoms with Crippen LogP contribution in [-0.2, 0) is 23.9 Å². The number of nitrogens with two attached hydrogens (primary N) is 2. The van der Waals surface area contributed by atoms with Crippen molar-refractivity contribution >= 4 is 17.7 Å². The molecule has 0 amide bonds. The summed E-state index contributed by atoms with van der Waals surface area (Å²) in [5.41, 5.74) is 13.3. The number of anilines is 2. The number of nitrogens with one attached hydrogen (secondary N) is 1. The Morgan fingerprint density at radius 2 is 1.65 bits per heavy atom. The third-order valence-electron chi connectivity index (χ3n) is 4.52. The maximum Gasteiger partial charge on any atom is 0.416 e. The van der Waals surface area contributed by atoms with Gasteiger partial charge in [-0.2, -0.15) is 18.2 Å². The lowest BCUT2D eigenvalue weighted by Gasteiger charge is -2.11. The number of carbonyl (C=O) groups is 1. The molecule has 1 heterocycles. The highest BCUT2D eigenvalue weighted by atomic mass is 19.4. The number of aliphatic carboxylic acids is 1. The molecule has 1 atom stereocenters. The molecule has 31 heavy (non-hydrogen) atoms. The van der Waals surface area contributed by atoms with Gasteiger partial charge in [-0.15, -0.1) is 0 Å². The second kappa shape index (κ2) is 9.00. The number of aromatic nitrogens is 2. The van der Waals surface area contributed by atoms with E-state index in [1.807, 2.05) is 0 Å². The molecule has 0 saturated carbocycles. The van der Waals surface area contributed by atoms with Crippen molar-refractivity contribution in [1.29, 1.82) is 0 Å². The molecule has 10 heteroatoms. The highest BCUT2D eigenvalue weighted by Gasteiger charge is 2.29. The van der Waals surface area contributed by atoms with E-state index in [9.17, 15) is 18.0 Å². The van der Waals surface area contributed by atoms with Crippen LogP contribution in [0.4, 0.5) is 24.9 Å². The summed E-state index contributed by atoms with van der Waals surface area (Å²) in [4.78, 5) is 19.2. The Balaban J connectivity index is 1.71. The van der Waals surface area contributed by atoms with Gasteiger partial charge < -0.3 is 21.9 Å².